The van der Waals surface area contributed by atoms with Crippen molar-refractivity contribution in [2.24, 2.45) is 10.9 Å². The van der Waals surface area contributed by atoms with Crippen LogP contribution in [0.15, 0.2) is 4.99 Å². The molecule has 2 N–H and O–H groups in total. The first-order chi connectivity index (χ1) is 11.7. The highest BCUT2D eigenvalue weighted by atomic mass is 127. The Kier molecular flexibility index (Phi) is 11.4. The first kappa shape index (κ1) is 22.4. The molecule has 25 heavy (non-hydrogen) atoms. The third-order valence-corrected chi connectivity index (χ3v) is 4.50. The van der Waals surface area contributed by atoms with Gasteiger partial charge in [-0.15, -0.1) is 24.0 Å². The van der Waals surface area contributed by atoms with Crippen LogP contribution in [0.3, 0.4) is 0 Å². The van der Waals surface area contributed by atoms with E-state index < -0.39 is 0 Å². The van der Waals surface area contributed by atoms with Crippen LogP contribution in [-0.4, -0.2) is 87.7 Å². The van der Waals surface area contributed by atoms with Crippen LogP contribution in [0.1, 0.15) is 26.2 Å². The number of guanidine groups is 1. The van der Waals surface area contributed by atoms with Crippen molar-refractivity contribution < 1.29 is 9.53 Å². The maximum Gasteiger partial charge on any atom is 0.234 e. The molecule has 1 heterocycles. The molecule has 1 aliphatic carbocycles. The number of piperazine rings is 1. The Labute approximate surface area is 169 Å². The van der Waals surface area contributed by atoms with E-state index >= 15 is 0 Å². The molecule has 7 nitrogen and oxygen atoms in total. The van der Waals surface area contributed by atoms with Crippen molar-refractivity contribution in [2.45, 2.75) is 26.2 Å². The Morgan fingerprint density at radius 1 is 1.20 bits per heavy atom. The van der Waals surface area contributed by atoms with E-state index in [0.717, 1.165) is 51.1 Å². The lowest BCUT2D eigenvalue weighted by atomic mass is 10.3. The predicted molar refractivity (Wildman–Crippen MR) is 112 cm³/mol. The highest BCUT2D eigenvalue weighted by Gasteiger charge is 2.22. The van der Waals surface area contributed by atoms with Gasteiger partial charge >= 0.3 is 0 Å². The maximum absolute atomic E-state index is 11.9. The van der Waals surface area contributed by atoms with Gasteiger partial charge in [-0.25, -0.2) is 0 Å². The molecule has 1 amide bonds. The average Bonchev–Trinajstić information content (AvgIpc) is 3.39. The number of nitrogens with one attached hydrogen (secondary N) is 2. The molecular weight excluding hydrogens is 433 g/mol. The lowest BCUT2D eigenvalue weighted by molar-refractivity contribution is -0.122. The second kappa shape index (κ2) is 12.7. The Bertz CT molecular complexity index is 410. The molecule has 1 aliphatic heterocycles. The van der Waals surface area contributed by atoms with Crippen LogP contribution in [0.4, 0.5) is 0 Å². The van der Waals surface area contributed by atoms with Gasteiger partial charge in [-0.1, -0.05) is 12.8 Å². The van der Waals surface area contributed by atoms with Gasteiger partial charge in [-0.3, -0.25) is 14.7 Å². The highest BCUT2D eigenvalue weighted by Crippen LogP contribution is 2.32. The number of methoxy groups -OCH3 is 1. The van der Waals surface area contributed by atoms with Gasteiger partial charge in [0.05, 0.1) is 13.2 Å². The van der Waals surface area contributed by atoms with E-state index in [1.807, 2.05) is 0 Å². The summed E-state index contributed by atoms with van der Waals surface area (Å²) in [6, 6.07) is 0. The standard InChI is InChI=1S/C17H33N5O2.HI/c1-3-18-17(20-7-6-15-4-5-15)22-11-9-21(10-12-22)14-16(23)19-8-13-24-2;/h15H,3-14H2,1-2H3,(H,18,20)(H,19,23);1H. The van der Waals surface area contributed by atoms with Gasteiger partial charge in [0.1, 0.15) is 0 Å². The maximum atomic E-state index is 11.9. The summed E-state index contributed by atoms with van der Waals surface area (Å²) in [6.45, 7) is 9.15. The minimum absolute atomic E-state index is 0. The molecule has 8 heteroatoms. The van der Waals surface area contributed by atoms with E-state index in [1.165, 1.54) is 19.3 Å². The van der Waals surface area contributed by atoms with Crippen LogP contribution >= 0.6 is 24.0 Å². The molecule has 2 aliphatic rings. The van der Waals surface area contributed by atoms with E-state index in [-0.39, 0.29) is 29.9 Å². The summed E-state index contributed by atoms with van der Waals surface area (Å²) in [5, 5.41) is 6.27. The topological polar surface area (TPSA) is 69.2 Å². The van der Waals surface area contributed by atoms with E-state index in [2.05, 4.69) is 27.4 Å². The molecular formula is C17H34IN5O2. The molecule has 0 spiro atoms. The molecule has 0 aromatic carbocycles. The summed E-state index contributed by atoms with van der Waals surface area (Å²) in [4.78, 5) is 21.1. The number of nitrogens with zero attached hydrogens (tertiary/aromatic N) is 3. The van der Waals surface area contributed by atoms with Crippen LogP contribution in [0.2, 0.25) is 0 Å². The molecule has 1 saturated heterocycles. The molecule has 0 aromatic heterocycles. The first-order valence-electron chi connectivity index (χ1n) is 9.24. The first-order valence-corrected chi connectivity index (χ1v) is 9.24. The number of amides is 1. The minimum atomic E-state index is 0. The van der Waals surface area contributed by atoms with E-state index in [4.69, 9.17) is 9.73 Å². The van der Waals surface area contributed by atoms with Gasteiger partial charge in [0, 0.05) is 52.9 Å². The monoisotopic (exact) mass is 467 g/mol. The van der Waals surface area contributed by atoms with Crippen molar-refractivity contribution in [1.82, 2.24) is 20.4 Å². The largest absolute Gasteiger partial charge is 0.383 e. The van der Waals surface area contributed by atoms with E-state index in [0.29, 0.717) is 19.7 Å². The lowest BCUT2D eigenvalue weighted by Gasteiger charge is -2.36. The third kappa shape index (κ3) is 9.05. The summed E-state index contributed by atoms with van der Waals surface area (Å²) < 4.78 is 4.94. The van der Waals surface area contributed by atoms with Gasteiger partial charge in [0.2, 0.25) is 5.91 Å². The van der Waals surface area contributed by atoms with Crippen LogP contribution in [0.25, 0.3) is 0 Å². The third-order valence-electron chi connectivity index (χ3n) is 4.50. The predicted octanol–water partition coefficient (Wildman–Crippen LogP) is 0.750. The molecule has 0 bridgehead atoms. The second-order valence-electron chi connectivity index (χ2n) is 6.57. The van der Waals surface area contributed by atoms with E-state index in [1.54, 1.807) is 7.11 Å². The smallest absolute Gasteiger partial charge is 0.234 e. The molecule has 146 valence electrons. The van der Waals surface area contributed by atoms with Gasteiger partial charge < -0.3 is 20.3 Å². The SMILES string of the molecule is CCNC(=NCCC1CC1)N1CCN(CC(=O)NCCOC)CC1.I. The molecule has 1 saturated carbocycles. The number of hydrogen-bond acceptors (Lipinski definition) is 4. The number of ether oxygens (including phenoxy) is 1. The molecule has 0 aromatic rings. The quantitative estimate of drug-likeness (QED) is 0.227. The Morgan fingerprint density at radius 3 is 2.52 bits per heavy atom. The zero-order chi connectivity index (χ0) is 17.2. The van der Waals surface area contributed by atoms with Gasteiger partial charge in [-0.05, 0) is 19.3 Å². The lowest BCUT2D eigenvalue weighted by Crippen LogP contribution is -2.54. The Balaban J connectivity index is 0.00000312. The summed E-state index contributed by atoms with van der Waals surface area (Å²) in [7, 11) is 1.64. The van der Waals surface area contributed by atoms with Crippen LogP contribution in [0.5, 0.6) is 0 Å². The second-order valence-corrected chi connectivity index (χ2v) is 6.57. The molecule has 2 fully saturated rings. The summed E-state index contributed by atoms with van der Waals surface area (Å²) in [6.07, 6.45) is 3.99. The average molecular weight is 467 g/mol. The van der Waals surface area contributed by atoms with Crippen molar-refractivity contribution in [3.05, 3.63) is 0 Å². The molecule has 0 radical (unpaired) electrons. The number of halogens is 1. The van der Waals surface area contributed by atoms with Crippen LogP contribution in [-0.2, 0) is 9.53 Å². The molecule has 0 unspecified atom stereocenters. The fourth-order valence-corrected chi connectivity index (χ4v) is 2.85. The summed E-state index contributed by atoms with van der Waals surface area (Å²) in [5.41, 5.74) is 0. The zero-order valence-corrected chi connectivity index (χ0v) is 18.0. The highest BCUT2D eigenvalue weighted by molar-refractivity contribution is 14.0. The number of aliphatic imine (C=N–C) groups is 1. The normalized spacial score (nSPS) is 18.6. The van der Waals surface area contributed by atoms with Crippen LogP contribution < -0.4 is 10.6 Å². The molecule has 0 atom stereocenters. The van der Waals surface area contributed by atoms with Crippen molar-refractivity contribution in [2.75, 3.05) is 66.1 Å². The number of carbonyl (C=O) groups excluding carboxylic acids is 1. The molecule has 2 rings (SSSR count). The summed E-state index contributed by atoms with van der Waals surface area (Å²) >= 11 is 0. The van der Waals surface area contributed by atoms with Crippen molar-refractivity contribution in [1.29, 1.82) is 0 Å². The minimum Gasteiger partial charge on any atom is -0.383 e. The van der Waals surface area contributed by atoms with Crippen LogP contribution in [0, 0.1) is 5.92 Å². The summed E-state index contributed by atoms with van der Waals surface area (Å²) in [5.74, 6) is 2.03. The Hall–Kier alpha value is -0.610. The van der Waals surface area contributed by atoms with Crippen molar-refractivity contribution >= 4 is 35.8 Å². The van der Waals surface area contributed by atoms with E-state index in [9.17, 15) is 4.79 Å². The van der Waals surface area contributed by atoms with Gasteiger partial charge in [0.15, 0.2) is 5.96 Å². The fraction of sp³-hybridized carbons (Fsp3) is 0.882. The number of carbonyl (C=O) groups is 1. The fourth-order valence-electron chi connectivity index (χ4n) is 2.85. The number of rotatable bonds is 9. The van der Waals surface area contributed by atoms with Crippen molar-refractivity contribution in [3.8, 4) is 0 Å². The zero-order valence-electron chi connectivity index (χ0n) is 15.6. The number of hydrogen-bond donors (Lipinski definition) is 2. The van der Waals surface area contributed by atoms with Gasteiger partial charge in [0.25, 0.3) is 0 Å². The van der Waals surface area contributed by atoms with Crippen molar-refractivity contribution in [3.63, 3.8) is 0 Å². The van der Waals surface area contributed by atoms with Gasteiger partial charge in [-0.2, -0.15) is 0 Å². The Morgan fingerprint density at radius 2 is 1.92 bits per heavy atom.